The van der Waals surface area contributed by atoms with E-state index in [4.69, 9.17) is 0 Å². The highest BCUT2D eigenvalue weighted by atomic mass is 16.2. The van der Waals surface area contributed by atoms with Crippen LogP contribution in [0.15, 0.2) is 54.6 Å². The Morgan fingerprint density at radius 1 is 0.941 bits per heavy atom. The van der Waals surface area contributed by atoms with Gasteiger partial charge < -0.3 is 15.1 Å². The Kier molecular flexibility index (Phi) is 8.39. The molecular weight excluding hydrogens is 422 g/mol. The van der Waals surface area contributed by atoms with Crippen LogP contribution in [0.4, 0.5) is 0 Å². The summed E-state index contributed by atoms with van der Waals surface area (Å²) in [6.07, 6.45) is 6.52. The van der Waals surface area contributed by atoms with Crippen molar-refractivity contribution in [3.8, 4) is 0 Å². The number of hydrogen-bond acceptors (Lipinski definition) is 3. The molecule has 3 atom stereocenters. The van der Waals surface area contributed by atoms with Crippen molar-refractivity contribution in [2.24, 2.45) is 5.92 Å². The average molecular weight is 462 g/mol. The zero-order valence-electron chi connectivity index (χ0n) is 20.7. The third-order valence-electron chi connectivity index (χ3n) is 7.45. The molecule has 1 aliphatic heterocycles. The monoisotopic (exact) mass is 461 g/mol. The Hall–Kier alpha value is -2.66. The highest BCUT2D eigenvalue weighted by molar-refractivity contribution is 5.97. The summed E-state index contributed by atoms with van der Waals surface area (Å²) < 4.78 is 0. The maximum atomic E-state index is 13.3. The summed E-state index contributed by atoms with van der Waals surface area (Å²) >= 11 is 0. The summed E-state index contributed by atoms with van der Waals surface area (Å²) in [7, 11) is 2.08. The van der Waals surface area contributed by atoms with Crippen molar-refractivity contribution < 1.29 is 9.59 Å². The van der Waals surface area contributed by atoms with Crippen LogP contribution in [-0.2, 0) is 4.79 Å². The Morgan fingerprint density at radius 2 is 1.65 bits per heavy atom. The first-order valence-electron chi connectivity index (χ1n) is 12.9. The summed E-state index contributed by atoms with van der Waals surface area (Å²) in [5.41, 5.74) is 3.41. The van der Waals surface area contributed by atoms with Gasteiger partial charge in [0.05, 0.1) is 0 Å². The standard InChI is InChI=1S/C29H39N3O2/c1-22-13-15-23(16-14-22)26-21-25(26)11-7-4-8-12-27(29(34)32-19-17-31(2)18-20-32)30-28(33)24-9-5-3-6-10-24/h3,5-6,9-10,13-16,25-27H,4,7-8,11-12,17-21H2,1-2H3,(H,30,33)/t25-,26+,27+/m1/s1. The van der Waals surface area contributed by atoms with E-state index in [0.29, 0.717) is 12.0 Å². The number of hydrogen-bond donors (Lipinski definition) is 1. The SMILES string of the molecule is Cc1ccc([C@@H]2C[C@H]2CCCCC[C@H](NC(=O)c2ccccc2)C(=O)N2CCN(C)CC2)cc1. The highest BCUT2D eigenvalue weighted by Crippen LogP contribution is 2.50. The van der Waals surface area contributed by atoms with Gasteiger partial charge in [-0.2, -0.15) is 0 Å². The van der Waals surface area contributed by atoms with Crippen molar-refractivity contribution in [3.05, 3.63) is 71.3 Å². The van der Waals surface area contributed by atoms with Crippen molar-refractivity contribution in [2.45, 2.75) is 57.4 Å². The van der Waals surface area contributed by atoms with E-state index in [1.807, 2.05) is 23.1 Å². The van der Waals surface area contributed by atoms with Gasteiger partial charge in [-0.1, -0.05) is 67.3 Å². The number of carbonyl (C=O) groups is 2. The summed E-state index contributed by atoms with van der Waals surface area (Å²) in [5, 5.41) is 3.04. The molecule has 1 heterocycles. The molecule has 2 aromatic rings. The molecule has 2 aliphatic rings. The van der Waals surface area contributed by atoms with Crippen molar-refractivity contribution in [3.63, 3.8) is 0 Å². The van der Waals surface area contributed by atoms with Crippen LogP contribution >= 0.6 is 0 Å². The Bertz CT molecular complexity index is 936. The summed E-state index contributed by atoms with van der Waals surface area (Å²) in [5.74, 6) is 1.45. The molecule has 1 N–H and O–H groups in total. The van der Waals surface area contributed by atoms with Gasteiger partial charge in [0.25, 0.3) is 5.91 Å². The van der Waals surface area contributed by atoms with Gasteiger partial charge in [0.2, 0.25) is 5.91 Å². The van der Waals surface area contributed by atoms with Crippen LogP contribution in [-0.4, -0.2) is 60.9 Å². The van der Waals surface area contributed by atoms with Crippen LogP contribution in [0, 0.1) is 12.8 Å². The minimum Gasteiger partial charge on any atom is -0.340 e. The third kappa shape index (κ3) is 6.69. The molecule has 2 fully saturated rings. The van der Waals surface area contributed by atoms with Crippen molar-refractivity contribution >= 4 is 11.8 Å². The number of likely N-dealkylation sites (N-methyl/N-ethyl adjacent to an activating group) is 1. The lowest BCUT2D eigenvalue weighted by Gasteiger charge is -2.34. The Morgan fingerprint density at radius 3 is 2.35 bits per heavy atom. The van der Waals surface area contributed by atoms with E-state index >= 15 is 0 Å². The molecule has 0 bridgehead atoms. The Labute approximate surface area is 204 Å². The predicted molar refractivity (Wildman–Crippen MR) is 137 cm³/mol. The van der Waals surface area contributed by atoms with Gasteiger partial charge in [0.15, 0.2) is 0 Å². The molecule has 2 amide bonds. The fraction of sp³-hybridized carbons (Fsp3) is 0.517. The summed E-state index contributed by atoms with van der Waals surface area (Å²) in [6.45, 7) is 5.37. The maximum Gasteiger partial charge on any atom is 0.251 e. The second-order valence-corrected chi connectivity index (χ2v) is 10.2. The van der Waals surface area contributed by atoms with Gasteiger partial charge in [0, 0.05) is 31.7 Å². The van der Waals surface area contributed by atoms with Gasteiger partial charge in [-0.3, -0.25) is 9.59 Å². The van der Waals surface area contributed by atoms with E-state index in [9.17, 15) is 9.59 Å². The van der Waals surface area contributed by atoms with E-state index in [-0.39, 0.29) is 11.8 Å². The second kappa shape index (κ2) is 11.7. The minimum atomic E-state index is -0.447. The van der Waals surface area contributed by atoms with Crippen molar-refractivity contribution in [2.75, 3.05) is 33.2 Å². The second-order valence-electron chi connectivity index (χ2n) is 10.2. The first kappa shape index (κ1) is 24.5. The molecule has 0 spiro atoms. The quantitative estimate of drug-likeness (QED) is 0.525. The zero-order valence-corrected chi connectivity index (χ0v) is 20.7. The van der Waals surface area contributed by atoms with Gasteiger partial charge in [0.1, 0.15) is 6.04 Å². The first-order valence-corrected chi connectivity index (χ1v) is 12.9. The molecule has 0 radical (unpaired) electrons. The van der Waals surface area contributed by atoms with Gasteiger partial charge in [-0.25, -0.2) is 0 Å². The number of amides is 2. The normalized spacial score (nSPS) is 21.2. The Balaban J connectivity index is 1.25. The molecule has 2 aromatic carbocycles. The van der Waals surface area contributed by atoms with Crippen LogP contribution < -0.4 is 5.32 Å². The fourth-order valence-corrected chi connectivity index (χ4v) is 5.06. The molecule has 5 nitrogen and oxygen atoms in total. The lowest BCUT2D eigenvalue weighted by atomic mass is 10.0. The van der Waals surface area contributed by atoms with Crippen LogP contribution in [0.5, 0.6) is 0 Å². The molecule has 0 unspecified atom stereocenters. The van der Waals surface area contributed by atoms with Crippen LogP contribution in [0.3, 0.4) is 0 Å². The smallest absolute Gasteiger partial charge is 0.251 e. The van der Waals surface area contributed by atoms with Crippen LogP contribution in [0.1, 0.15) is 65.9 Å². The largest absolute Gasteiger partial charge is 0.340 e. The van der Waals surface area contributed by atoms with E-state index in [2.05, 4.69) is 48.5 Å². The van der Waals surface area contributed by atoms with Gasteiger partial charge in [-0.15, -0.1) is 0 Å². The lowest BCUT2D eigenvalue weighted by Crippen LogP contribution is -2.54. The summed E-state index contributed by atoms with van der Waals surface area (Å²) in [6, 6.07) is 17.7. The van der Waals surface area contributed by atoms with Crippen molar-refractivity contribution in [1.82, 2.24) is 15.1 Å². The van der Waals surface area contributed by atoms with Crippen LogP contribution in [0.25, 0.3) is 0 Å². The molecule has 4 rings (SSSR count). The number of unbranched alkanes of at least 4 members (excludes halogenated alkanes) is 2. The molecule has 34 heavy (non-hydrogen) atoms. The van der Waals surface area contributed by atoms with Gasteiger partial charge in [-0.05, 0) is 62.8 Å². The molecule has 5 heteroatoms. The molecule has 1 saturated carbocycles. The molecule has 1 aliphatic carbocycles. The molecule has 182 valence electrons. The summed E-state index contributed by atoms with van der Waals surface area (Å²) in [4.78, 5) is 30.2. The van der Waals surface area contributed by atoms with E-state index in [1.54, 1.807) is 12.1 Å². The van der Waals surface area contributed by atoms with E-state index < -0.39 is 6.04 Å². The average Bonchev–Trinajstić information content (AvgIpc) is 3.63. The number of nitrogens with one attached hydrogen (secondary N) is 1. The van der Waals surface area contributed by atoms with E-state index in [0.717, 1.165) is 50.9 Å². The van der Waals surface area contributed by atoms with Crippen molar-refractivity contribution in [1.29, 1.82) is 0 Å². The minimum absolute atomic E-state index is 0.0685. The number of nitrogens with zero attached hydrogens (tertiary/aromatic N) is 2. The topological polar surface area (TPSA) is 52.7 Å². The highest BCUT2D eigenvalue weighted by Gasteiger charge is 2.37. The molecule has 1 saturated heterocycles. The number of piperazine rings is 1. The van der Waals surface area contributed by atoms with Crippen LogP contribution in [0.2, 0.25) is 0 Å². The molecule has 0 aromatic heterocycles. The molecular formula is C29H39N3O2. The number of rotatable bonds is 10. The fourth-order valence-electron chi connectivity index (χ4n) is 5.06. The predicted octanol–water partition coefficient (Wildman–Crippen LogP) is 4.62. The zero-order chi connectivity index (χ0) is 23.9. The van der Waals surface area contributed by atoms with Gasteiger partial charge >= 0.3 is 0 Å². The van der Waals surface area contributed by atoms with E-state index in [1.165, 1.54) is 30.4 Å². The lowest BCUT2D eigenvalue weighted by molar-refractivity contribution is -0.135. The number of benzene rings is 2. The first-order chi connectivity index (χ1) is 16.5. The maximum absolute atomic E-state index is 13.3. The number of carbonyl (C=O) groups excluding carboxylic acids is 2. The third-order valence-corrected chi connectivity index (χ3v) is 7.45. The number of aryl methyl sites for hydroxylation is 1.